The molecule has 1 aliphatic carbocycles. The smallest absolute Gasteiger partial charge is 0.126 e. The molecular weight excluding hydrogens is 171 g/mol. The Bertz CT molecular complexity index is 184. The van der Waals surface area contributed by atoms with Crippen LogP contribution in [0, 0.1) is 11.3 Å². The van der Waals surface area contributed by atoms with E-state index in [1.165, 1.54) is 0 Å². The van der Waals surface area contributed by atoms with Crippen LogP contribution in [0.3, 0.4) is 0 Å². The quantitative estimate of drug-likeness (QED) is 0.682. The molecule has 0 saturated heterocycles. The van der Waals surface area contributed by atoms with Gasteiger partial charge in [0.2, 0.25) is 0 Å². The van der Waals surface area contributed by atoms with Crippen molar-refractivity contribution in [1.29, 1.82) is 0 Å². The van der Waals surface area contributed by atoms with E-state index in [1.807, 2.05) is 0 Å². The Hall–Kier alpha value is -0.440. The van der Waals surface area contributed by atoms with Gasteiger partial charge in [-0.25, -0.2) is 4.39 Å². The molecule has 2 nitrogen and oxygen atoms in total. The van der Waals surface area contributed by atoms with Crippen LogP contribution in [-0.4, -0.2) is 24.2 Å². The highest BCUT2D eigenvalue weighted by Crippen LogP contribution is 2.43. The normalized spacial score (nSPS) is 36.1. The molecule has 0 amide bonds. The van der Waals surface area contributed by atoms with Crippen molar-refractivity contribution in [3.63, 3.8) is 0 Å². The van der Waals surface area contributed by atoms with Gasteiger partial charge in [0, 0.05) is 5.41 Å². The van der Waals surface area contributed by atoms with Gasteiger partial charge in [-0.2, -0.15) is 0 Å². The number of carbonyl (C=O) groups excluding carboxylic acids is 1. The maximum absolute atomic E-state index is 12.1. The number of aliphatic hydroxyl groups excluding tert-OH is 1. The highest BCUT2D eigenvalue weighted by molar-refractivity contribution is 5.60. The second kappa shape index (κ2) is 4.18. The molecular formula is C10H17FO2. The van der Waals surface area contributed by atoms with Crippen molar-refractivity contribution in [1.82, 2.24) is 0 Å². The van der Waals surface area contributed by atoms with Gasteiger partial charge in [-0.3, -0.25) is 0 Å². The number of aldehydes is 1. The third kappa shape index (κ3) is 2.50. The van der Waals surface area contributed by atoms with E-state index in [0.717, 1.165) is 25.5 Å². The average molecular weight is 188 g/mol. The van der Waals surface area contributed by atoms with Crippen LogP contribution in [-0.2, 0) is 4.79 Å². The SMILES string of the molecule is CC1CCC(C=O)(CC(O)CF)C1. The fourth-order valence-corrected chi connectivity index (χ4v) is 2.30. The molecule has 1 aliphatic rings. The molecule has 0 spiro atoms. The summed E-state index contributed by atoms with van der Waals surface area (Å²) in [6.45, 7) is 1.34. The Kier molecular flexibility index (Phi) is 3.42. The van der Waals surface area contributed by atoms with Gasteiger partial charge in [-0.05, 0) is 31.6 Å². The standard InChI is InChI=1S/C10H17FO2/c1-8-2-3-10(4-8,7-12)5-9(13)6-11/h7-9,13H,2-6H2,1H3. The Morgan fingerprint density at radius 2 is 2.46 bits per heavy atom. The van der Waals surface area contributed by atoms with E-state index in [1.54, 1.807) is 0 Å². The zero-order valence-electron chi connectivity index (χ0n) is 8.00. The number of aliphatic hydroxyl groups is 1. The molecule has 0 heterocycles. The molecule has 0 aromatic carbocycles. The van der Waals surface area contributed by atoms with Crippen LogP contribution >= 0.6 is 0 Å². The molecule has 76 valence electrons. The third-order valence-electron chi connectivity index (χ3n) is 2.96. The molecule has 3 unspecified atom stereocenters. The summed E-state index contributed by atoms with van der Waals surface area (Å²) in [6.07, 6.45) is 2.85. The van der Waals surface area contributed by atoms with Gasteiger partial charge in [0.1, 0.15) is 13.0 Å². The van der Waals surface area contributed by atoms with Crippen LogP contribution in [0.4, 0.5) is 4.39 Å². The van der Waals surface area contributed by atoms with Crippen molar-refractivity contribution in [2.24, 2.45) is 11.3 Å². The summed E-state index contributed by atoms with van der Waals surface area (Å²) in [4.78, 5) is 10.9. The first-order valence-corrected chi connectivity index (χ1v) is 4.82. The molecule has 0 aromatic heterocycles. The predicted octanol–water partition coefficient (Wildman–Crippen LogP) is 1.71. The molecule has 0 aliphatic heterocycles. The van der Waals surface area contributed by atoms with Crippen LogP contribution in [0.5, 0.6) is 0 Å². The highest BCUT2D eigenvalue weighted by Gasteiger charge is 2.38. The van der Waals surface area contributed by atoms with Gasteiger partial charge >= 0.3 is 0 Å². The number of hydrogen-bond acceptors (Lipinski definition) is 2. The van der Waals surface area contributed by atoms with Gasteiger partial charge in [-0.15, -0.1) is 0 Å². The lowest BCUT2D eigenvalue weighted by Gasteiger charge is -2.23. The number of hydrogen-bond donors (Lipinski definition) is 1. The van der Waals surface area contributed by atoms with Gasteiger partial charge in [0.05, 0.1) is 6.10 Å². The zero-order valence-corrected chi connectivity index (χ0v) is 8.00. The van der Waals surface area contributed by atoms with Crippen LogP contribution in [0.15, 0.2) is 0 Å². The number of rotatable bonds is 4. The fourth-order valence-electron chi connectivity index (χ4n) is 2.30. The molecule has 1 fully saturated rings. The van der Waals surface area contributed by atoms with Gasteiger partial charge in [-0.1, -0.05) is 6.92 Å². The highest BCUT2D eigenvalue weighted by atomic mass is 19.1. The van der Waals surface area contributed by atoms with E-state index in [0.29, 0.717) is 5.92 Å². The van der Waals surface area contributed by atoms with E-state index < -0.39 is 18.2 Å². The minimum absolute atomic E-state index is 0.289. The van der Waals surface area contributed by atoms with Crippen molar-refractivity contribution in [3.8, 4) is 0 Å². The zero-order chi connectivity index (χ0) is 9.90. The van der Waals surface area contributed by atoms with Crippen molar-refractivity contribution >= 4 is 6.29 Å². The largest absolute Gasteiger partial charge is 0.390 e. The molecule has 0 aromatic rings. The first-order chi connectivity index (χ1) is 6.12. The van der Waals surface area contributed by atoms with Gasteiger partial charge in [0.25, 0.3) is 0 Å². The minimum atomic E-state index is -0.963. The van der Waals surface area contributed by atoms with Crippen LogP contribution < -0.4 is 0 Å². The first-order valence-electron chi connectivity index (χ1n) is 4.82. The lowest BCUT2D eigenvalue weighted by Crippen LogP contribution is -2.26. The molecule has 1 N–H and O–H groups in total. The molecule has 0 radical (unpaired) electrons. The lowest BCUT2D eigenvalue weighted by molar-refractivity contribution is -0.118. The number of alkyl halides is 1. The van der Waals surface area contributed by atoms with E-state index in [9.17, 15) is 9.18 Å². The van der Waals surface area contributed by atoms with Gasteiger partial charge < -0.3 is 9.90 Å². The summed E-state index contributed by atoms with van der Waals surface area (Å²) in [5, 5.41) is 9.17. The second-order valence-electron chi connectivity index (χ2n) is 4.34. The predicted molar refractivity (Wildman–Crippen MR) is 48.1 cm³/mol. The summed E-state index contributed by atoms with van der Waals surface area (Å²) < 4.78 is 12.1. The lowest BCUT2D eigenvalue weighted by atomic mass is 9.82. The maximum atomic E-state index is 12.1. The van der Waals surface area contributed by atoms with E-state index >= 15 is 0 Å². The van der Waals surface area contributed by atoms with Crippen LogP contribution in [0.2, 0.25) is 0 Å². The summed E-state index contributed by atoms with van der Waals surface area (Å²) in [5.74, 6) is 0.525. The molecule has 0 bridgehead atoms. The Labute approximate surface area is 78.1 Å². The van der Waals surface area contributed by atoms with Gasteiger partial charge in [0.15, 0.2) is 0 Å². The van der Waals surface area contributed by atoms with Crippen molar-refractivity contribution in [2.75, 3.05) is 6.67 Å². The molecule has 1 rings (SSSR count). The Morgan fingerprint density at radius 3 is 2.85 bits per heavy atom. The minimum Gasteiger partial charge on any atom is -0.390 e. The average Bonchev–Trinajstić information content (AvgIpc) is 2.48. The van der Waals surface area contributed by atoms with Crippen molar-refractivity contribution < 1.29 is 14.3 Å². The van der Waals surface area contributed by atoms with E-state index in [4.69, 9.17) is 5.11 Å². The van der Waals surface area contributed by atoms with E-state index in [2.05, 4.69) is 6.92 Å². The van der Waals surface area contributed by atoms with E-state index in [-0.39, 0.29) is 6.42 Å². The summed E-state index contributed by atoms with van der Waals surface area (Å²) >= 11 is 0. The third-order valence-corrected chi connectivity index (χ3v) is 2.96. The summed E-state index contributed by atoms with van der Waals surface area (Å²) in [5.41, 5.74) is -0.440. The Balaban J connectivity index is 2.55. The van der Waals surface area contributed by atoms with Crippen LogP contribution in [0.25, 0.3) is 0 Å². The summed E-state index contributed by atoms with van der Waals surface area (Å²) in [7, 11) is 0. The monoisotopic (exact) mass is 188 g/mol. The number of halogens is 1. The molecule has 1 saturated carbocycles. The number of carbonyl (C=O) groups is 1. The van der Waals surface area contributed by atoms with Crippen LogP contribution in [0.1, 0.15) is 32.6 Å². The second-order valence-corrected chi connectivity index (χ2v) is 4.34. The fraction of sp³-hybridized carbons (Fsp3) is 0.900. The molecule has 3 heteroatoms. The first kappa shape index (κ1) is 10.6. The molecule has 13 heavy (non-hydrogen) atoms. The Morgan fingerprint density at radius 1 is 1.77 bits per heavy atom. The molecule has 3 atom stereocenters. The maximum Gasteiger partial charge on any atom is 0.126 e. The van der Waals surface area contributed by atoms with Crippen molar-refractivity contribution in [3.05, 3.63) is 0 Å². The topological polar surface area (TPSA) is 37.3 Å². The summed E-state index contributed by atoms with van der Waals surface area (Å²) in [6, 6.07) is 0. The van der Waals surface area contributed by atoms with Crippen molar-refractivity contribution in [2.45, 2.75) is 38.7 Å².